The molecule has 5 heterocycles. The number of nitrogens with zero attached hydrogens (tertiary/aromatic N) is 6. The number of hydrogen-bond donors (Lipinski definition) is 1. The lowest BCUT2D eigenvalue weighted by Gasteiger charge is -2.37. The molecule has 1 aromatic heterocycles. The van der Waals surface area contributed by atoms with Gasteiger partial charge in [0.1, 0.15) is 30.0 Å². The number of imidazole rings is 1. The number of halogens is 2. The maximum absolute atomic E-state index is 13.7. The summed E-state index contributed by atoms with van der Waals surface area (Å²) in [5, 5.41) is 3.61. The minimum Gasteiger partial charge on any atom is -0.360 e. The van der Waals surface area contributed by atoms with Crippen LogP contribution in [0.25, 0.3) is 11.3 Å². The van der Waals surface area contributed by atoms with Gasteiger partial charge in [-0.1, -0.05) is 11.6 Å². The molecular formula is C25H31ClFN7. The van der Waals surface area contributed by atoms with E-state index in [1.165, 1.54) is 31.4 Å². The van der Waals surface area contributed by atoms with E-state index in [4.69, 9.17) is 16.6 Å². The van der Waals surface area contributed by atoms with E-state index in [1.54, 1.807) is 18.5 Å². The molecule has 3 saturated heterocycles. The third kappa shape index (κ3) is 4.27. The van der Waals surface area contributed by atoms with Crippen LogP contribution in [0.1, 0.15) is 37.4 Å². The first kappa shape index (κ1) is 22.2. The zero-order valence-corrected chi connectivity index (χ0v) is 20.1. The Bertz CT molecular complexity index is 1100. The highest BCUT2D eigenvalue weighted by Crippen LogP contribution is 2.33. The van der Waals surface area contributed by atoms with Gasteiger partial charge in [-0.05, 0) is 63.5 Å². The standard InChI is InChI=1S/C25H31ClFN7/c26-20-14-18(2-3-21(20)27)22-15-34(13-12-32-8-1-9-32)24(31-22)17-5-10-33(11-6-17)25-19-4-7-28-23(19)29-16-30-25/h2-3,14-17,19,23,28H,1,4-13H2. The van der Waals surface area contributed by atoms with Gasteiger partial charge in [0.2, 0.25) is 0 Å². The maximum Gasteiger partial charge on any atom is 0.141 e. The van der Waals surface area contributed by atoms with Crippen molar-refractivity contribution in [3.05, 3.63) is 41.1 Å². The lowest BCUT2D eigenvalue weighted by molar-refractivity contribution is 0.173. The van der Waals surface area contributed by atoms with E-state index in [2.05, 4.69) is 35.9 Å². The van der Waals surface area contributed by atoms with E-state index in [0.717, 1.165) is 69.1 Å². The molecule has 4 aliphatic rings. The predicted octanol–water partition coefficient (Wildman–Crippen LogP) is 3.60. The number of benzene rings is 1. The highest BCUT2D eigenvalue weighted by molar-refractivity contribution is 6.31. The van der Waals surface area contributed by atoms with Crippen LogP contribution in [0.2, 0.25) is 5.02 Å². The van der Waals surface area contributed by atoms with Gasteiger partial charge >= 0.3 is 0 Å². The number of nitrogens with one attached hydrogen (secondary N) is 1. The van der Waals surface area contributed by atoms with Gasteiger partial charge < -0.3 is 14.4 Å². The lowest BCUT2D eigenvalue weighted by atomic mass is 9.93. The van der Waals surface area contributed by atoms with E-state index in [-0.39, 0.29) is 11.2 Å². The van der Waals surface area contributed by atoms with Gasteiger partial charge in [-0.15, -0.1) is 0 Å². The number of aromatic nitrogens is 2. The van der Waals surface area contributed by atoms with Gasteiger partial charge in [0.05, 0.1) is 16.6 Å². The first-order valence-corrected chi connectivity index (χ1v) is 12.9. The van der Waals surface area contributed by atoms with Crippen LogP contribution < -0.4 is 5.32 Å². The zero-order chi connectivity index (χ0) is 23.1. The molecule has 4 aliphatic heterocycles. The summed E-state index contributed by atoms with van der Waals surface area (Å²) in [5.74, 6) is 2.74. The molecule has 0 amide bonds. The van der Waals surface area contributed by atoms with Gasteiger partial charge in [-0.25, -0.2) is 14.4 Å². The molecule has 0 aliphatic carbocycles. The molecule has 7 nitrogen and oxygen atoms in total. The Hall–Kier alpha value is -2.29. The summed E-state index contributed by atoms with van der Waals surface area (Å²) in [5.41, 5.74) is 1.74. The van der Waals surface area contributed by atoms with Crippen LogP contribution in [-0.4, -0.2) is 77.0 Å². The second-order valence-corrected chi connectivity index (χ2v) is 10.2. The first-order valence-electron chi connectivity index (χ1n) is 12.5. The molecule has 6 rings (SSSR count). The van der Waals surface area contributed by atoms with Crippen molar-refractivity contribution in [3.63, 3.8) is 0 Å². The van der Waals surface area contributed by atoms with E-state index in [0.29, 0.717) is 11.8 Å². The van der Waals surface area contributed by atoms with E-state index in [9.17, 15) is 4.39 Å². The van der Waals surface area contributed by atoms with Crippen molar-refractivity contribution in [2.24, 2.45) is 15.9 Å². The summed E-state index contributed by atoms with van der Waals surface area (Å²) in [7, 11) is 0. The Balaban J connectivity index is 1.20. The molecule has 9 heteroatoms. The number of fused-ring (bicyclic) bond motifs is 1. The van der Waals surface area contributed by atoms with Crippen molar-refractivity contribution in [1.29, 1.82) is 0 Å². The summed E-state index contributed by atoms with van der Waals surface area (Å²) in [6, 6.07) is 4.87. The molecule has 0 saturated carbocycles. The predicted molar refractivity (Wildman–Crippen MR) is 133 cm³/mol. The zero-order valence-electron chi connectivity index (χ0n) is 19.3. The lowest BCUT2D eigenvalue weighted by Crippen LogP contribution is -2.46. The SMILES string of the molecule is Fc1ccc(-c2cn(CCN3CCC3)c(C3CCN(C4=NC=NC5NCCC45)CC3)n2)cc1Cl. The Kier molecular flexibility index (Phi) is 6.13. The Labute approximate surface area is 204 Å². The average Bonchev–Trinajstić information content (AvgIpc) is 3.47. The van der Waals surface area contributed by atoms with Crippen molar-refractivity contribution in [3.8, 4) is 11.3 Å². The van der Waals surface area contributed by atoms with Crippen LogP contribution in [0.5, 0.6) is 0 Å². The van der Waals surface area contributed by atoms with Crippen LogP contribution >= 0.6 is 11.6 Å². The van der Waals surface area contributed by atoms with Gasteiger partial charge in [0, 0.05) is 43.9 Å². The van der Waals surface area contributed by atoms with Crippen molar-refractivity contribution in [1.82, 2.24) is 24.7 Å². The Morgan fingerprint density at radius 3 is 2.71 bits per heavy atom. The van der Waals surface area contributed by atoms with Gasteiger partial charge in [-0.2, -0.15) is 0 Å². The third-order valence-electron chi connectivity index (χ3n) is 7.75. The highest BCUT2D eigenvalue weighted by atomic mass is 35.5. The van der Waals surface area contributed by atoms with Crippen LogP contribution in [0.3, 0.4) is 0 Å². The monoisotopic (exact) mass is 483 g/mol. The van der Waals surface area contributed by atoms with Gasteiger partial charge in [0.15, 0.2) is 0 Å². The molecule has 2 unspecified atom stereocenters. The largest absolute Gasteiger partial charge is 0.360 e. The fourth-order valence-electron chi connectivity index (χ4n) is 5.64. The second-order valence-electron chi connectivity index (χ2n) is 9.81. The molecule has 1 N–H and O–H groups in total. The highest BCUT2D eigenvalue weighted by Gasteiger charge is 2.37. The van der Waals surface area contributed by atoms with E-state index >= 15 is 0 Å². The number of rotatable bonds is 5. The molecule has 0 spiro atoms. The van der Waals surface area contributed by atoms with Crippen molar-refractivity contribution in [2.45, 2.75) is 44.3 Å². The van der Waals surface area contributed by atoms with Crippen molar-refractivity contribution >= 4 is 23.8 Å². The number of aliphatic imine (C=N–C) groups is 2. The maximum atomic E-state index is 13.7. The van der Waals surface area contributed by atoms with E-state index in [1.807, 2.05) is 0 Å². The van der Waals surface area contributed by atoms with Crippen LogP contribution in [0, 0.1) is 11.7 Å². The summed E-state index contributed by atoms with van der Waals surface area (Å²) in [6.45, 7) is 7.31. The summed E-state index contributed by atoms with van der Waals surface area (Å²) < 4.78 is 16.1. The van der Waals surface area contributed by atoms with Crippen LogP contribution in [-0.2, 0) is 6.54 Å². The molecule has 3 fully saturated rings. The Morgan fingerprint density at radius 1 is 1.09 bits per heavy atom. The van der Waals surface area contributed by atoms with Gasteiger partial charge in [0.25, 0.3) is 0 Å². The normalized spacial score (nSPS) is 25.4. The molecule has 0 radical (unpaired) electrons. The van der Waals surface area contributed by atoms with Gasteiger partial charge in [-0.3, -0.25) is 10.3 Å². The number of amidine groups is 1. The second kappa shape index (κ2) is 9.40. The molecular weight excluding hydrogens is 453 g/mol. The molecule has 2 atom stereocenters. The molecule has 2 aromatic rings. The number of piperidine rings is 1. The fourth-order valence-corrected chi connectivity index (χ4v) is 5.82. The topological polar surface area (TPSA) is 61.0 Å². The summed E-state index contributed by atoms with van der Waals surface area (Å²) in [4.78, 5) is 19.2. The Morgan fingerprint density at radius 2 is 1.94 bits per heavy atom. The summed E-state index contributed by atoms with van der Waals surface area (Å²) in [6.07, 6.45) is 8.53. The molecule has 180 valence electrons. The minimum absolute atomic E-state index is 0.138. The quantitative estimate of drug-likeness (QED) is 0.705. The first-order chi connectivity index (χ1) is 16.7. The smallest absolute Gasteiger partial charge is 0.141 e. The van der Waals surface area contributed by atoms with E-state index < -0.39 is 5.82 Å². The van der Waals surface area contributed by atoms with Crippen LogP contribution in [0.15, 0.2) is 34.4 Å². The van der Waals surface area contributed by atoms with Crippen molar-refractivity contribution < 1.29 is 4.39 Å². The molecule has 34 heavy (non-hydrogen) atoms. The fraction of sp³-hybridized carbons (Fsp3) is 0.560. The number of hydrogen-bond acceptors (Lipinski definition) is 6. The summed E-state index contributed by atoms with van der Waals surface area (Å²) >= 11 is 6.07. The van der Waals surface area contributed by atoms with Crippen LogP contribution in [0.4, 0.5) is 4.39 Å². The minimum atomic E-state index is -0.398. The molecule has 1 aromatic carbocycles. The average molecular weight is 484 g/mol. The van der Waals surface area contributed by atoms with Crippen molar-refractivity contribution in [2.75, 3.05) is 39.3 Å². The molecule has 0 bridgehead atoms. The third-order valence-corrected chi connectivity index (χ3v) is 8.04. The number of likely N-dealkylation sites (tertiary alicyclic amines) is 2.